The predicted octanol–water partition coefficient (Wildman–Crippen LogP) is 5.43. The molecule has 32 heavy (non-hydrogen) atoms. The topological polar surface area (TPSA) is 71.1 Å². The minimum Gasteiger partial charge on any atom is -0.470 e. The van der Waals surface area contributed by atoms with Gasteiger partial charge in [-0.1, -0.05) is 66.5 Å². The van der Waals surface area contributed by atoms with Gasteiger partial charge >= 0.3 is 11.9 Å². The molecule has 0 radical (unpaired) electrons. The molecule has 6 atom stereocenters. The second-order valence-electron chi connectivity index (χ2n) is 9.16. The Morgan fingerprint density at radius 2 is 1.12 bits per heavy atom. The van der Waals surface area contributed by atoms with Crippen LogP contribution in [0.5, 0.6) is 11.5 Å². The SMILES string of the molecule is CCC(C)C(C)CCOC(=O)C1Oc2ccccc2OC1C(=O)OCCC(C)C(C)CC. The molecule has 1 aliphatic heterocycles. The fraction of sp³-hybridized carbons (Fsp3) is 0.692. The van der Waals surface area contributed by atoms with E-state index in [1.807, 2.05) is 0 Å². The molecule has 1 aromatic rings. The standard InChI is InChI=1S/C26H40O6/c1-7-17(3)19(5)13-15-29-25(27)23-24(32-22-12-10-9-11-21(22)31-23)26(28)30-16-14-20(6)18(4)8-2/h9-12,17-20,23-24H,7-8,13-16H2,1-6H3. The van der Waals surface area contributed by atoms with E-state index in [4.69, 9.17) is 18.9 Å². The molecule has 0 N–H and O–H groups in total. The smallest absolute Gasteiger partial charge is 0.351 e. The number of carbonyl (C=O) groups is 2. The minimum absolute atomic E-state index is 0.278. The Balaban J connectivity index is 2.00. The number of para-hydroxylation sites is 2. The van der Waals surface area contributed by atoms with Gasteiger partial charge in [0, 0.05) is 0 Å². The molecule has 1 aromatic carbocycles. The maximum absolute atomic E-state index is 12.8. The average molecular weight is 449 g/mol. The highest BCUT2D eigenvalue weighted by Crippen LogP contribution is 2.34. The van der Waals surface area contributed by atoms with Crippen molar-refractivity contribution in [1.82, 2.24) is 0 Å². The number of hydrogen-bond donors (Lipinski definition) is 0. The summed E-state index contributed by atoms with van der Waals surface area (Å²) in [6.07, 6.45) is 1.29. The normalized spacial score (nSPS) is 21.2. The van der Waals surface area contributed by atoms with Crippen LogP contribution in [0.15, 0.2) is 24.3 Å². The number of ether oxygens (including phenoxy) is 4. The van der Waals surface area contributed by atoms with E-state index in [2.05, 4.69) is 41.5 Å². The summed E-state index contributed by atoms with van der Waals surface area (Å²) in [6.45, 7) is 13.5. The van der Waals surface area contributed by atoms with Gasteiger partial charge in [-0.05, 0) is 48.6 Å². The molecule has 0 saturated heterocycles. The van der Waals surface area contributed by atoms with Crippen molar-refractivity contribution in [1.29, 1.82) is 0 Å². The first kappa shape index (κ1) is 26.0. The molecule has 0 spiro atoms. The number of esters is 2. The predicted molar refractivity (Wildman–Crippen MR) is 124 cm³/mol. The van der Waals surface area contributed by atoms with Crippen LogP contribution in [0.25, 0.3) is 0 Å². The lowest BCUT2D eigenvalue weighted by molar-refractivity contribution is -0.172. The maximum Gasteiger partial charge on any atom is 0.351 e. The summed E-state index contributed by atoms with van der Waals surface area (Å²) >= 11 is 0. The Bertz CT molecular complexity index is 672. The van der Waals surface area contributed by atoms with Crippen molar-refractivity contribution < 1.29 is 28.5 Å². The molecule has 1 heterocycles. The third kappa shape index (κ3) is 7.14. The van der Waals surface area contributed by atoms with Crippen LogP contribution in [0, 0.1) is 23.7 Å². The van der Waals surface area contributed by atoms with Crippen LogP contribution in [0.1, 0.15) is 67.2 Å². The number of carbonyl (C=O) groups excluding carboxylic acids is 2. The molecule has 0 amide bonds. The average Bonchev–Trinajstić information content (AvgIpc) is 2.81. The first-order valence-corrected chi connectivity index (χ1v) is 12.0. The van der Waals surface area contributed by atoms with E-state index >= 15 is 0 Å². The molecular weight excluding hydrogens is 408 g/mol. The Morgan fingerprint density at radius 1 is 0.750 bits per heavy atom. The van der Waals surface area contributed by atoms with Crippen LogP contribution in [-0.4, -0.2) is 37.4 Å². The molecule has 0 fully saturated rings. The summed E-state index contributed by atoms with van der Waals surface area (Å²) in [5.74, 6) is 1.59. The third-order valence-electron chi connectivity index (χ3n) is 6.96. The first-order valence-electron chi connectivity index (χ1n) is 12.0. The summed E-state index contributed by atoms with van der Waals surface area (Å²) in [4.78, 5) is 25.6. The molecule has 0 bridgehead atoms. The van der Waals surface area contributed by atoms with Gasteiger partial charge in [0.1, 0.15) is 0 Å². The van der Waals surface area contributed by atoms with E-state index < -0.39 is 24.1 Å². The van der Waals surface area contributed by atoms with E-state index in [1.165, 1.54) is 0 Å². The summed E-state index contributed by atoms with van der Waals surface area (Å²) < 4.78 is 22.6. The zero-order valence-corrected chi connectivity index (χ0v) is 20.5. The summed E-state index contributed by atoms with van der Waals surface area (Å²) in [5.41, 5.74) is 0. The van der Waals surface area contributed by atoms with Gasteiger partial charge < -0.3 is 18.9 Å². The van der Waals surface area contributed by atoms with E-state index in [0.717, 1.165) is 25.7 Å². The van der Waals surface area contributed by atoms with Gasteiger partial charge in [-0.15, -0.1) is 0 Å². The van der Waals surface area contributed by atoms with Crippen molar-refractivity contribution in [3.05, 3.63) is 24.3 Å². The van der Waals surface area contributed by atoms with Gasteiger partial charge in [-0.25, -0.2) is 9.59 Å². The van der Waals surface area contributed by atoms with Crippen LogP contribution in [0.4, 0.5) is 0 Å². The highest BCUT2D eigenvalue weighted by Gasteiger charge is 2.44. The van der Waals surface area contributed by atoms with Crippen molar-refractivity contribution in [3.8, 4) is 11.5 Å². The first-order chi connectivity index (χ1) is 15.3. The van der Waals surface area contributed by atoms with E-state index in [1.54, 1.807) is 24.3 Å². The highest BCUT2D eigenvalue weighted by molar-refractivity contribution is 5.87. The minimum atomic E-state index is -1.19. The Kier molecular flexibility index (Phi) is 10.3. The summed E-state index contributed by atoms with van der Waals surface area (Å²) in [6, 6.07) is 6.98. The molecular formula is C26H40O6. The molecule has 6 heteroatoms. The van der Waals surface area contributed by atoms with Crippen LogP contribution in [-0.2, 0) is 19.1 Å². The monoisotopic (exact) mass is 448 g/mol. The number of hydrogen-bond acceptors (Lipinski definition) is 6. The van der Waals surface area contributed by atoms with Gasteiger partial charge in [-0.2, -0.15) is 0 Å². The van der Waals surface area contributed by atoms with Crippen LogP contribution in [0.2, 0.25) is 0 Å². The number of fused-ring (bicyclic) bond motifs is 1. The van der Waals surface area contributed by atoms with Crippen molar-refractivity contribution in [2.75, 3.05) is 13.2 Å². The second kappa shape index (κ2) is 12.7. The maximum atomic E-state index is 12.8. The van der Waals surface area contributed by atoms with Gasteiger partial charge in [0.2, 0.25) is 12.2 Å². The van der Waals surface area contributed by atoms with Crippen molar-refractivity contribution >= 4 is 11.9 Å². The van der Waals surface area contributed by atoms with Crippen molar-refractivity contribution in [3.63, 3.8) is 0 Å². The summed E-state index contributed by atoms with van der Waals surface area (Å²) in [5, 5.41) is 0. The fourth-order valence-electron chi connectivity index (χ4n) is 3.61. The molecule has 0 saturated carbocycles. The lowest BCUT2D eigenvalue weighted by Gasteiger charge is -2.31. The van der Waals surface area contributed by atoms with Crippen LogP contribution >= 0.6 is 0 Å². The van der Waals surface area contributed by atoms with Gasteiger partial charge in [0.05, 0.1) is 13.2 Å². The lowest BCUT2D eigenvalue weighted by Crippen LogP contribution is -2.51. The Labute approximate surface area is 193 Å². The molecule has 0 aliphatic carbocycles. The molecule has 0 aromatic heterocycles. The molecule has 1 aliphatic rings. The van der Waals surface area contributed by atoms with Gasteiger partial charge in [0.25, 0.3) is 0 Å². The lowest BCUT2D eigenvalue weighted by atomic mass is 9.91. The van der Waals surface area contributed by atoms with Gasteiger partial charge in [-0.3, -0.25) is 0 Å². The van der Waals surface area contributed by atoms with E-state index in [9.17, 15) is 9.59 Å². The van der Waals surface area contributed by atoms with Crippen molar-refractivity contribution in [2.45, 2.75) is 79.4 Å². The van der Waals surface area contributed by atoms with E-state index in [0.29, 0.717) is 35.2 Å². The zero-order chi connectivity index (χ0) is 23.7. The third-order valence-corrected chi connectivity index (χ3v) is 6.96. The molecule has 2 rings (SSSR count). The molecule has 6 unspecified atom stereocenters. The second-order valence-corrected chi connectivity index (χ2v) is 9.16. The number of benzene rings is 1. The zero-order valence-electron chi connectivity index (χ0n) is 20.5. The van der Waals surface area contributed by atoms with Crippen LogP contribution in [0.3, 0.4) is 0 Å². The quantitative estimate of drug-likeness (QED) is 0.397. The van der Waals surface area contributed by atoms with Crippen molar-refractivity contribution in [2.24, 2.45) is 23.7 Å². The number of rotatable bonds is 12. The molecule has 6 nitrogen and oxygen atoms in total. The molecule has 180 valence electrons. The van der Waals surface area contributed by atoms with Gasteiger partial charge in [0.15, 0.2) is 11.5 Å². The fourth-order valence-corrected chi connectivity index (χ4v) is 3.61. The van der Waals surface area contributed by atoms with E-state index in [-0.39, 0.29) is 13.2 Å². The summed E-state index contributed by atoms with van der Waals surface area (Å²) in [7, 11) is 0. The largest absolute Gasteiger partial charge is 0.470 e. The highest BCUT2D eigenvalue weighted by atomic mass is 16.6. The Hall–Kier alpha value is -2.24. The van der Waals surface area contributed by atoms with Crippen LogP contribution < -0.4 is 9.47 Å². The Morgan fingerprint density at radius 3 is 1.47 bits per heavy atom.